The van der Waals surface area contributed by atoms with Crippen molar-refractivity contribution >= 4 is 46.5 Å². The Morgan fingerprint density at radius 1 is 1.16 bits per heavy atom. The number of carbonyl (C=O) groups excluding carboxylic acids is 4. The monoisotopic (exact) mass is 458 g/mol. The lowest BCUT2D eigenvalue weighted by molar-refractivity contribution is -0.148. The Kier molecular flexibility index (Phi) is 7.26. The molecule has 166 valence electrons. The summed E-state index contributed by atoms with van der Waals surface area (Å²) in [7, 11) is 1.17. The molecule has 2 aromatic rings. The SMILES string of the molecule is COC(=O)[C@@H](C)N1C(=O)S/C(=C/c2ccccc2OCC(=O)Nc2ccc(F)cc2)C1=O. The van der Waals surface area contributed by atoms with Gasteiger partial charge in [-0.15, -0.1) is 0 Å². The molecule has 10 heteroatoms. The van der Waals surface area contributed by atoms with Crippen LogP contribution in [0.15, 0.2) is 53.4 Å². The highest BCUT2D eigenvalue weighted by Crippen LogP contribution is 2.35. The van der Waals surface area contributed by atoms with Crippen LogP contribution < -0.4 is 10.1 Å². The molecule has 2 aromatic carbocycles. The number of amides is 3. The highest BCUT2D eigenvalue weighted by Gasteiger charge is 2.41. The zero-order valence-electron chi connectivity index (χ0n) is 17.2. The summed E-state index contributed by atoms with van der Waals surface area (Å²) in [6.45, 7) is 1.07. The van der Waals surface area contributed by atoms with Crippen molar-refractivity contribution in [3.63, 3.8) is 0 Å². The minimum atomic E-state index is -1.06. The average Bonchev–Trinajstić information content (AvgIpc) is 3.06. The largest absolute Gasteiger partial charge is 0.483 e. The first-order chi connectivity index (χ1) is 15.3. The number of hydrogen-bond acceptors (Lipinski definition) is 7. The lowest BCUT2D eigenvalue weighted by atomic mass is 10.1. The molecule has 1 aliphatic heterocycles. The number of para-hydroxylation sites is 1. The molecular weight excluding hydrogens is 439 g/mol. The number of halogens is 1. The van der Waals surface area contributed by atoms with Gasteiger partial charge in [-0.05, 0) is 55.1 Å². The molecule has 3 amide bonds. The van der Waals surface area contributed by atoms with Crippen LogP contribution in [0.1, 0.15) is 12.5 Å². The van der Waals surface area contributed by atoms with Crippen LogP contribution in [0, 0.1) is 5.82 Å². The van der Waals surface area contributed by atoms with E-state index in [4.69, 9.17) is 4.74 Å². The topological polar surface area (TPSA) is 102 Å². The predicted octanol–water partition coefficient (Wildman–Crippen LogP) is 3.44. The number of ether oxygens (including phenoxy) is 2. The third kappa shape index (κ3) is 5.33. The summed E-state index contributed by atoms with van der Waals surface area (Å²) in [5.41, 5.74) is 0.889. The number of nitrogens with one attached hydrogen (secondary N) is 1. The lowest BCUT2D eigenvalue weighted by Crippen LogP contribution is -2.42. The van der Waals surface area contributed by atoms with E-state index in [-0.39, 0.29) is 11.5 Å². The number of thioether (sulfide) groups is 1. The number of carbonyl (C=O) groups is 4. The quantitative estimate of drug-likeness (QED) is 0.501. The highest BCUT2D eigenvalue weighted by atomic mass is 32.2. The molecule has 32 heavy (non-hydrogen) atoms. The Hall–Kier alpha value is -3.66. The van der Waals surface area contributed by atoms with Crippen molar-refractivity contribution in [3.8, 4) is 5.75 Å². The predicted molar refractivity (Wildman–Crippen MR) is 116 cm³/mol. The fraction of sp³-hybridized carbons (Fsp3) is 0.182. The van der Waals surface area contributed by atoms with E-state index in [0.717, 1.165) is 4.90 Å². The summed E-state index contributed by atoms with van der Waals surface area (Å²) in [4.78, 5) is 49.7. The van der Waals surface area contributed by atoms with Gasteiger partial charge in [0.1, 0.15) is 17.6 Å². The molecule has 1 heterocycles. The van der Waals surface area contributed by atoms with E-state index < -0.39 is 34.9 Å². The Morgan fingerprint density at radius 3 is 2.53 bits per heavy atom. The van der Waals surface area contributed by atoms with Gasteiger partial charge in [0.25, 0.3) is 17.1 Å². The maximum atomic E-state index is 13.0. The molecule has 1 aliphatic rings. The number of rotatable bonds is 7. The van der Waals surface area contributed by atoms with Crippen LogP contribution in [0.25, 0.3) is 6.08 Å². The fourth-order valence-electron chi connectivity index (χ4n) is 2.84. The van der Waals surface area contributed by atoms with Gasteiger partial charge >= 0.3 is 5.97 Å². The van der Waals surface area contributed by atoms with E-state index in [1.54, 1.807) is 24.3 Å². The standard InChI is InChI=1S/C22H19FN2O6S/c1-13(21(28)30-2)25-20(27)18(32-22(25)29)11-14-5-3-4-6-17(14)31-12-19(26)24-16-9-7-15(23)8-10-16/h3-11,13H,12H2,1-2H3,(H,24,26)/b18-11+/t13-/m1/s1. The Balaban J connectivity index is 1.71. The van der Waals surface area contributed by atoms with E-state index in [9.17, 15) is 23.6 Å². The maximum Gasteiger partial charge on any atom is 0.328 e. The van der Waals surface area contributed by atoms with Crippen LogP contribution in [0.3, 0.4) is 0 Å². The molecule has 0 unspecified atom stereocenters. The van der Waals surface area contributed by atoms with Gasteiger partial charge < -0.3 is 14.8 Å². The number of hydrogen-bond donors (Lipinski definition) is 1. The number of benzene rings is 2. The van der Waals surface area contributed by atoms with Crippen molar-refractivity contribution in [3.05, 3.63) is 64.8 Å². The number of nitrogens with zero attached hydrogens (tertiary/aromatic N) is 1. The van der Waals surface area contributed by atoms with Crippen LogP contribution in [0.2, 0.25) is 0 Å². The van der Waals surface area contributed by atoms with Gasteiger partial charge in [-0.25, -0.2) is 9.18 Å². The van der Waals surface area contributed by atoms with Gasteiger partial charge in [-0.1, -0.05) is 18.2 Å². The normalized spacial score (nSPS) is 15.6. The number of methoxy groups -OCH3 is 1. The van der Waals surface area contributed by atoms with Crippen LogP contribution in [-0.2, 0) is 19.1 Å². The molecule has 0 radical (unpaired) electrons. The van der Waals surface area contributed by atoms with E-state index in [1.807, 2.05) is 0 Å². The van der Waals surface area contributed by atoms with Crippen LogP contribution in [0.4, 0.5) is 14.9 Å². The van der Waals surface area contributed by atoms with Gasteiger partial charge in [0.2, 0.25) is 0 Å². The molecule has 1 saturated heterocycles. The van der Waals surface area contributed by atoms with Crippen LogP contribution in [0.5, 0.6) is 5.75 Å². The van der Waals surface area contributed by atoms with Gasteiger partial charge in [0.15, 0.2) is 6.61 Å². The Bertz CT molecular complexity index is 1090. The Morgan fingerprint density at radius 2 is 1.84 bits per heavy atom. The average molecular weight is 458 g/mol. The van der Waals surface area contributed by atoms with Crippen molar-refractivity contribution in [2.45, 2.75) is 13.0 Å². The lowest BCUT2D eigenvalue weighted by Gasteiger charge is -2.18. The first-order valence-corrected chi connectivity index (χ1v) is 10.2. The smallest absolute Gasteiger partial charge is 0.328 e. The number of imide groups is 1. The Labute approximate surface area is 187 Å². The molecule has 1 fully saturated rings. The van der Waals surface area contributed by atoms with Crippen molar-refractivity contribution in [1.82, 2.24) is 4.90 Å². The van der Waals surface area contributed by atoms with Crippen LogP contribution >= 0.6 is 11.8 Å². The maximum absolute atomic E-state index is 13.0. The number of anilines is 1. The summed E-state index contributed by atoms with van der Waals surface area (Å²) >= 11 is 0.694. The molecule has 0 bridgehead atoms. The third-order valence-corrected chi connectivity index (χ3v) is 5.33. The van der Waals surface area contributed by atoms with E-state index >= 15 is 0 Å². The highest BCUT2D eigenvalue weighted by molar-refractivity contribution is 8.18. The molecule has 0 spiro atoms. The summed E-state index contributed by atoms with van der Waals surface area (Å²) in [5.74, 6) is -1.89. The summed E-state index contributed by atoms with van der Waals surface area (Å²) < 4.78 is 23.1. The summed E-state index contributed by atoms with van der Waals surface area (Å²) in [6, 6.07) is 10.9. The summed E-state index contributed by atoms with van der Waals surface area (Å²) in [6.07, 6.45) is 1.46. The molecule has 8 nitrogen and oxygen atoms in total. The molecule has 0 saturated carbocycles. The molecule has 0 aromatic heterocycles. The van der Waals surface area contributed by atoms with Gasteiger partial charge in [-0.2, -0.15) is 0 Å². The zero-order valence-corrected chi connectivity index (χ0v) is 18.0. The second-order valence-corrected chi connectivity index (χ2v) is 7.63. The second-order valence-electron chi connectivity index (χ2n) is 6.63. The minimum absolute atomic E-state index is 0.109. The molecule has 1 N–H and O–H groups in total. The van der Waals surface area contributed by atoms with Crippen LogP contribution in [-0.4, -0.2) is 47.7 Å². The minimum Gasteiger partial charge on any atom is -0.483 e. The number of esters is 1. The zero-order chi connectivity index (χ0) is 23.3. The van der Waals surface area contributed by atoms with Crippen molar-refractivity contribution < 1.29 is 33.0 Å². The van der Waals surface area contributed by atoms with Crippen molar-refractivity contribution in [2.75, 3.05) is 19.0 Å². The van der Waals surface area contributed by atoms with Gasteiger partial charge in [0, 0.05) is 11.3 Å². The van der Waals surface area contributed by atoms with E-state index in [1.165, 1.54) is 44.4 Å². The van der Waals surface area contributed by atoms with Gasteiger partial charge in [-0.3, -0.25) is 19.3 Å². The molecule has 0 aliphatic carbocycles. The fourth-order valence-corrected chi connectivity index (χ4v) is 3.73. The summed E-state index contributed by atoms with van der Waals surface area (Å²) in [5, 5.41) is 1.99. The van der Waals surface area contributed by atoms with Crippen molar-refractivity contribution in [2.24, 2.45) is 0 Å². The first kappa shape index (κ1) is 23.0. The van der Waals surface area contributed by atoms with E-state index in [2.05, 4.69) is 10.1 Å². The molecule has 1 atom stereocenters. The van der Waals surface area contributed by atoms with E-state index in [0.29, 0.717) is 28.8 Å². The third-order valence-electron chi connectivity index (χ3n) is 4.45. The van der Waals surface area contributed by atoms with Crippen molar-refractivity contribution in [1.29, 1.82) is 0 Å². The first-order valence-electron chi connectivity index (χ1n) is 9.42. The molecule has 3 rings (SSSR count). The molecular formula is C22H19FN2O6S. The second kappa shape index (κ2) is 10.1. The van der Waals surface area contributed by atoms with Gasteiger partial charge in [0.05, 0.1) is 12.0 Å².